The first-order valence-corrected chi connectivity index (χ1v) is 5.08. The zero-order chi connectivity index (χ0) is 11.7. The Bertz CT molecular complexity index is 271. The minimum atomic E-state index is -0.570. The van der Waals surface area contributed by atoms with Crippen LogP contribution in [0.25, 0.3) is 0 Å². The number of nitrogens with one attached hydrogen (secondary N) is 2. The highest BCUT2D eigenvalue weighted by Crippen LogP contribution is 2.36. The molecule has 0 bridgehead atoms. The summed E-state index contributed by atoms with van der Waals surface area (Å²) in [5.41, 5.74) is -0.433. The average Bonchev–Trinajstić information content (AvgIpc) is 2.32. The van der Waals surface area contributed by atoms with Crippen LogP contribution in [0.5, 0.6) is 0 Å². The van der Waals surface area contributed by atoms with E-state index in [1.165, 1.54) is 0 Å². The molecular weight excluding hydrogens is 191 g/mol. The van der Waals surface area contributed by atoms with E-state index in [0.717, 1.165) is 0 Å². The average molecular weight is 210 g/mol. The summed E-state index contributed by atoms with van der Waals surface area (Å²) in [4.78, 5) is 0. The number of hydrogen-bond acceptors (Lipinski definition) is 4. The van der Waals surface area contributed by atoms with Crippen LogP contribution in [0, 0.1) is 5.41 Å². The first-order valence-electron chi connectivity index (χ1n) is 5.08. The minimum Gasteiger partial charge on any atom is -0.398 e. The van der Waals surface area contributed by atoms with E-state index in [4.69, 9.17) is 14.7 Å². The van der Waals surface area contributed by atoms with Crippen molar-refractivity contribution < 1.29 is 9.31 Å². The van der Waals surface area contributed by atoms with E-state index >= 15 is 0 Å². The lowest BCUT2D eigenvalue weighted by Crippen LogP contribution is -2.41. The van der Waals surface area contributed by atoms with Crippen LogP contribution in [-0.4, -0.2) is 31.0 Å². The summed E-state index contributed by atoms with van der Waals surface area (Å²) in [7, 11) is 1.22. The molecule has 0 amide bonds. The summed E-state index contributed by atoms with van der Waals surface area (Å²) in [5, 5.41) is 10.6. The third-order valence-electron chi connectivity index (χ3n) is 2.94. The predicted octanol–water partition coefficient (Wildman–Crippen LogP) is 1.37. The monoisotopic (exact) mass is 210 g/mol. The third kappa shape index (κ3) is 2.41. The topological polar surface area (TPSA) is 54.3 Å². The Labute approximate surface area is 91.7 Å². The fourth-order valence-electron chi connectivity index (χ4n) is 1.22. The molecule has 0 saturated carbocycles. The molecule has 1 heterocycles. The van der Waals surface area contributed by atoms with Crippen molar-refractivity contribution >= 4 is 12.7 Å². The molecule has 0 aromatic heterocycles. The van der Waals surface area contributed by atoms with Crippen LogP contribution in [0.2, 0.25) is 0 Å². The van der Waals surface area contributed by atoms with Gasteiger partial charge in [0.15, 0.2) is 0 Å². The van der Waals surface area contributed by atoms with Gasteiger partial charge in [-0.15, -0.1) is 0 Å². The van der Waals surface area contributed by atoms with E-state index in [1.54, 1.807) is 19.3 Å². The van der Waals surface area contributed by atoms with Crippen LogP contribution >= 0.6 is 0 Å². The second kappa shape index (κ2) is 3.98. The summed E-state index contributed by atoms with van der Waals surface area (Å²) >= 11 is 0. The molecule has 0 unspecified atom stereocenters. The Morgan fingerprint density at radius 1 is 1.20 bits per heavy atom. The largest absolute Gasteiger partial charge is 0.513 e. The Balaban J connectivity index is 2.71. The molecule has 5 heteroatoms. The van der Waals surface area contributed by atoms with Crippen molar-refractivity contribution in [2.75, 3.05) is 7.05 Å². The molecule has 0 aromatic carbocycles. The highest BCUT2D eigenvalue weighted by Gasteiger charge is 2.52. The molecule has 0 radical (unpaired) electrons. The molecule has 15 heavy (non-hydrogen) atoms. The molecule has 2 N–H and O–H groups in total. The van der Waals surface area contributed by atoms with E-state index in [-0.39, 0.29) is 11.2 Å². The molecule has 0 aliphatic carbocycles. The van der Waals surface area contributed by atoms with Gasteiger partial charge in [0.2, 0.25) is 0 Å². The maximum atomic E-state index is 7.77. The molecular formula is C10H19BN2O2. The minimum absolute atomic E-state index is 0.322. The maximum Gasteiger partial charge on any atom is 0.513 e. The zero-order valence-corrected chi connectivity index (χ0v) is 10.0. The Morgan fingerprint density at radius 2 is 1.67 bits per heavy atom. The Kier molecular flexibility index (Phi) is 3.26. The van der Waals surface area contributed by atoms with Gasteiger partial charge in [0.05, 0.1) is 16.8 Å². The van der Waals surface area contributed by atoms with Gasteiger partial charge < -0.3 is 20.0 Å². The van der Waals surface area contributed by atoms with Crippen LogP contribution in [0.15, 0.2) is 12.3 Å². The summed E-state index contributed by atoms with van der Waals surface area (Å²) in [6.07, 6.45) is 3.33. The van der Waals surface area contributed by atoms with Crippen molar-refractivity contribution in [3.63, 3.8) is 0 Å². The molecule has 0 spiro atoms. The van der Waals surface area contributed by atoms with E-state index in [0.29, 0.717) is 5.61 Å². The van der Waals surface area contributed by atoms with Gasteiger partial charge in [-0.25, -0.2) is 0 Å². The van der Waals surface area contributed by atoms with Crippen molar-refractivity contribution in [1.82, 2.24) is 5.32 Å². The molecule has 1 fully saturated rings. The van der Waals surface area contributed by atoms with Gasteiger partial charge in [0, 0.05) is 7.05 Å². The fraction of sp³-hybridized carbons (Fsp3) is 0.700. The van der Waals surface area contributed by atoms with Gasteiger partial charge in [-0.1, -0.05) is 0 Å². The standard InChI is InChI=1S/C10H19BN2O2/c1-9(2)10(3,4)15-11(14-9)8(12)6-7-13-5/h6-7,12-13H,1-5H3/b7-6-,12-8?. The highest BCUT2D eigenvalue weighted by atomic mass is 16.7. The van der Waals surface area contributed by atoms with Gasteiger partial charge in [0.25, 0.3) is 0 Å². The summed E-state index contributed by atoms with van der Waals surface area (Å²) in [5.74, 6) is 0. The summed E-state index contributed by atoms with van der Waals surface area (Å²) < 4.78 is 11.4. The number of allylic oxidation sites excluding steroid dienone is 1. The van der Waals surface area contributed by atoms with Gasteiger partial charge >= 0.3 is 7.12 Å². The van der Waals surface area contributed by atoms with Crippen molar-refractivity contribution in [1.29, 1.82) is 5.41 Å². The van der Waals surface area contributed by atoms with Gasteiger partial charge in [-0.2, -0.15) is 0 Å². The molecule has 1 rings (SSSR count). The quantitative estimate of drug-likeness (QED) is 0.546. The predicted molar refractivity (Wildman–Crippen MR) is 62.0 cm³/mol. The van der Waals surface area contributed by atoms with Gasteiger partial charge in [-0.3, -0.25) is 0 Å². The number of rotatable bonds is 3. The highest BCUT2D eigenvalue weighted by molar-refractivity contribution is 6.84. The Hall–Kier alpha value is -0.805. The van der Waals surface area contributed by atoms with Gasteiger partial charge in [0.1, 0.15) is 0 Å². The third-order valence-corrected chi connectivity index (χ3v) is 2.94. The van der Waals surface area contributed by atoms with Crippen LogP contribution in [0.3, 0.4) is 0 Å². The van der Waals surface area contributed by atoms with Crippen molar-refractivity contribution in [3.05, 3.63) is 12.3 Å². The number of hydrogen-bond donors (Lipinski definition) is 2. The van der Waals surface area contributed by atoms with Crippen LogP contribution in [0.4, 0.5) is 0 Å². The van der Waals surface area contributed by atoms with E-state index in [9.17, 15) is 0 Å². The summed E-state index contributed by atoms with van der Waals surface area (Å²) in [6.45, 7) is 7.90. The maximum absolute atomic E-state index is 7.77. The van der Waals surface area contributed by atoms with E-state index < -0.39 is 7.12 Å². The lowest BCUT2D eigenvalue weighted by Gasteiger charge is -2.32. The SMILES string of the molecule is CN/C=C\C(=N)B1OC(C)(C)C(C)(C)O1. The summed E-state index contributed by atoms with van der Waals surface area (Å²) in [6, 6.07) is 0. The molecule has 84 valence electrons. The Morgan fingerprint density at radius 3 is 2.07 bits per heavy atom. The van der Waals surface area contributed by atoms with Crippen molar-refractivity contribution in [3.8, 4) is 0 Å². The van der Waals surface area contributed by atoms with Gasteiger partial charge in [-0.05, 0) is 40.0 Å². The van der Waals surface area contributed by atoms with Crippen molar-refractivity contribution in [2.24, 2.45) is 0 Å². The first-order chi connectivity index (χ1) is 6.80. The van der Waals surface area contributed by atoms with E-state index in [1.807, 2.05) is 27.7 Å². The van der Waals surface area contributed by atoms with Crippen LogP contribution in [-0.2, 0) is 9.31 Å². The zero-order valence-electron chi connectivity index (χ0n) is 10.0. The normalized spacial score (nSPS) is 23.4. The lowest BCUT2D eigenvalue weighted by atomic mass is 9.82. The molecule has 0 atom stereocenters. The molecule has 1 saturated heterocycles. The van der Waals surface area contributed by atoms with E-state index in [2.05, 4.69) is 5.32 Å². The molecule has 0 aromatic rings. The van der Waals surface area contributed by atoms with Crippen molar-refractivity contribution in [2.45, 2.75) is 38.9 Å². The lowest BCUT2D eigenvalue weighted by molar-refractivity contribution is 0.00578. The van der Waals surface area contributed by atoms with Crippen LogP contribution < -0.4 is 5.32 Å². The fourth-order valence-corrected chi connectivity index (χ4v) is 1.22. The second-order valence-electron chi connectivity index (χ2n) is 4.67. The first kappa shape index (κ1) is 12.3. The second-order valence-corrected chi connectivity index (χ2v) is 4.67. The smallest absolute Gasteiger partial charge is 0.398 e. The molecule has 1 aliphatic rings. The molecule has 1 aliphatic heterocycles. The molecule has 4 nitrogen and oxygen atoms in total. The van der Waals surface area contributed by atoms with Crippen LogP contribution in [0.1, 0.15) is 27.7 Å².